The van der Waals surface area contributed by atoms with Gasteiger partial charge in [-0.15, -0.1) is 0 Å². The van der Waals surface area contributed by atoms with E-state index in [1.807, 2.05) is 6.07 Å². The van der Waals surface area contributed by atoms with E-state index in [2.05, 4.69) is 0 Å². The van der Waals surface area contributed by atoms with Gasteiger partial charge in [-0.3, -0.25) is 14.9 Å². The third-order valence-corrected chi connectivity index (χ3v) is 4.87. The number of aryl methyl sites for hydroxylation is 1. The summed E-state index contributed by atoms with van der Waals surface area (Å²) < 4.78 is 5.68. The monoisotopic (exact) mass is 389 g/mol. The molecule has 3 rings (SSSR count). The van der Waals surface area contributed by atoms with E-state index in [1.54, 1.807) is 12.1 Å². The highest BCUT2D eigenvalue weighted by molar-refractivity contribution is 6.67. The van der Waals surface area contributed by atoms with Crippen LogP contribution in [0.25, 0.3) is 0 Å². The number of nitrogens with zero attached hydrogens (tertiary/aromatic N) is 1. The highest BCUT2D eigenvalue weighted by Crippen LogP contribution is 2.35. The SMILES string of the molecule is O=C(O)c1ccc(OC[C@@H]2CCCc3cc(C(=O)Cl)ccc32)c([N+](=O)[O-])c1. The van der Waals surface area contributed by atoms with Crippen molar-refractivity contribution in [1.82, 2.24) is 0 Å². The van der Waals surface area contributed by atoms with Crippen molar-refractivity contribution in [3.63, 3.8) is 0 Å². The van der Waals surface area contributed by atoms with Crippen LogP contribution in [0.15, 0.2) is 36.4 Å². The molecule has 1 N–H and O–H groups in total. The Morgan fingerprint density at radius 3 is 2.63 bits per heavy atom. The van der Waals surface area contributed by atoms with Gasteiger partial charge in [-0.25, -0.2) is 4.79 Å². The van der Waals surface area contributed by atoms with Crippen molar-refractivity contribution < 1.29 is 24.4 Å². The zero-order valence-corrected chi connectivity index (χ0v) is 14.9. The van der Waals surface area contributed by atoms with Gasteiger partial charge in [0.1, 0.15) is 0 Å². The smallest absolute Gasteiger partial charge is 0.335 e. The summed E-state index contributed by atoms with van der Waals surface area (Å²) in [4.78, 5) is 32.9. The fraction of sp³-hybridized carbons (Fsp3) is 0.263. The number of carbonyl (C=O) groups excluding carboxylic acids is 1. The largest absolute Gasteiger partial charge is 0.486 e. The van der Waals surface area contributed by atoms with E-state index in [4.69, 9.17) is 21.4 Å². The first-order valence-corrected chi connectivity index (χ1v) is 8.72. The Morgan fingerprint density at radius 1 is 1.22 bits per heavy atom. The molecule has 27 heavy (non-hydrogen) atoms. The second-order valence-corrected chi connectivity index (χ2v) is 6.68. The highest BCUT2D eigenvalue weighted by Gasteiger charge is 2.24. The first kappa shape index (κ1) is 18.8. The molecule has 0 aromatic heterocycles. The number of ether oxygens (including phenoxy) is 1. The minimum Gasteiger partial charge on any atom is -0.486 e. The molecular formula is C19H16ClNO6. The fourth-order valence-electron chi connectivity index (χ4n) is 3.32. The number of aromatic carboxylic acids is 1. The van der Waals surface area contributed by atoms with Gasteiger partial charge in [-0.05, 0) is 66.3 Å². The standard InChI is InChI=1S/C19H16ClNO6/c20-18(22)12-4-6-15-11(8-12)2-1-3-14(15)10-27-17-7-5-13(19(23)24)9-16(17)21(25)26/h4-9,14H,1-3,10H2,(H,23,24)/t14-/m0/s1. The van der Waals surface area contributed by atoms with E-state index in [-0.39, 0.29) is 29.5 Å². The van der Waals surface area contributed by atoms with E-state index in [9.17, 15) is 19.7 Å². The summed E-state index contributed by atoms with van der Waals surface area (Å²) in [6.45, 7) is 0.217. The summed E-state index contributed by atoms with van der Waals surface area (Å²) in [6, 6.07) is 8.86. The normalized spacial score (nSPS) is 15.7. The number of carboxylic acids is 1. The molecule has 0 saturated heterocycles. The van der Waals surface area contributed by atoms with E-state index in [1.165, 1.54) is 12.1 Å². The molecule has 0 saturated carbocycles. The van der Waals surface area contributed by atoms with E-state index >= 15 is 0 Å². The van der Waals surface area contributed by atoms with Crippen LogP contribution in [-0.4, -0.2) is 27.8 Å². The number of halogens is 1. The second-order valence-electron chi connectivity index (χ2n) is 6.33. The molecule has 8 heteroatoms. The summed E-state index contributed by atoms with van der Waals surface area (Å²) in [5.41, 5.74) is 1.95. The summed E-state index contributed by atoms with van der Waals surface area (Å²) in [6.07, 6.45) is 2.58. The molecule has 2 aromatic carbocycles. The van der Waals surface area contributed by atoms with E-state index in [0.717, 1.165) is 36.5 Å². The number of nitro groups is 1. The first-order valence-electron chi connectivity index (χ1n) is 8.34. The maximum absolute atomic E-state index is 11.3. The van der Waals surface area contributed by atoms with Crippen LogP contribution in [0, 0.1) is 10.1 Å². The lowest BCUT2D eigenvalue weighted by Gasteiger charge is -2.26. The molecule has 0 spiro atoms. The molecule has 1 aliphatic carbocycles. The Hall–Kier alpha value is -2.93. The summed E-state index contributed by atoms with van der Waals surface area (Å²) in [5, 5.41) is 19.7. The van der Waals surface area contributed by atoms with Crippen molar-refractivity contribution in [1.29, 1.82) is 0 Å². The Labute approximate surface area is 159 Å². The number of hydrogen-bond acceptors (Lipinski definition) is 5. The van der Waals surface area contributed by atoms with Crippen molar-refractivity contribution in [3.05, 3.63) is 68.8 Å². The second kappa shape index (κ2) is 7.75. The van der Waals surface area contributed by atoms with Gasteiger partial charge in [0.25, 0.3) is 5.24 Å². The van der Waals surface area contributed by atoms with Gasteiger partial charge >= 0.3 is 11.7 Å². The average molecular weight is 390 g/mol. The van der Waals surface area contributed by atoms with Crippen LogP contribution in [-0.2, 0) is 6.42 Å². The van der Waals surface area contributed by atoms with Crippen LogP contribution in [0.3, 0.4) is 0 Å². The number of nitro benzene ring substituents is 1. The first-order chi connectivity index (χ1) is 12.9. The predicted octanol–water partition coefficient (Wildman–Crippen LogP) is 4.17. The molecule has 7 nitrogen and oxygen atoms in total. The zero-order chi connectivity index (χ0) is 19.6. The molecule has 0 unspecified atom stereocenters. The number of fused-ring (bicyclic) bond motifs is 1. The fourth-order valence-corrected chi connectivity index (χ4v) is 3.43. The third kappa shape index (κ3) is 4.09. The van der Waals surface area contributed by atoms with Gasteiger partial charge in [0.05, 0.1) is 17.1 Å². The van der Waals surface area contributed by atoms with Gasteiger partial charge < -0.3 is 9.84 Å². The van der Waals surface area contributed by atoms with Crippen molar-refractivity contribution in [2.75, 3.05) is 6.61 Å². The number of rotatable bonds is 6. The molecule has 0 radical (unpaired) electrons. The molecule has 1 atom stereocenters. The Morgan fingerprint density at radius 2 is 1.96 bits per heavy atom. The van der Waals surface area contributed by atoms with Crippen molar-refractivity contribution in [2.45, 2.75) is 25.2 Å². The Bertz CT molecular complexity index is 926. The van der Waals surface area contributed by atoms with Gasteiger partial charge in [-0.2, -0.15) is 0 Å². The predicted molar refractivity (Wildman–Crippen MR) is 97.9 cm³/mol. The minimum absolute atomic E-state index is 0.0204. The van der Waals surface area contributed by atoms with E-state index in [0.29, 0.717) is 5.56 Å². The molecule has 0 amide bonds. The average Bonchev–Trinajstić information content (AvgIpc) is 2.65. The van der Waals surface area contributed by atoms with Crippen LogP contribution in [0.2, 0.25) is 0 Å². The quantitative estimate of drug-likeness (QED) is 0.451. The molecule has 0 aliphatic heterocycles. The number of benzene rings is 2. The third-order valence-electron chi connectivity index (χ3n) is 4.65. The van der Waals surface area contributed by atoms with Crippen molar-refractivity contribution in [2.24, 2.45) is 0 Å². The summed E-state index contributed by atoms with van der Waals surface area (Å²) in [5.74, 6) is -1.19. The lowest BCUT2D eigenvalue weighted by Crippen LogP contribution is -2.17. The van der Waals surface area contributed by atoms with E-state index < -0.39 is 16.1 Å². The minimum atomic E-state index is -1.24. The molecule has 0 bridgehead atoms. The molecule has 2 aromatic rings. The highest BCUT2D eigenvalue weighted by atomic mass is 35.5. The number of hydrogen-bond donors (Lipinski definition) is 1. The van der Waals surface area contributed by atoms with Crippen LogP contribution in [0.4, 0.5) is 5.69 Å². The summed E-state index contributed by atoms with van der Waals surface area (Å²) >= 11 is 5.54. The van der Waals surface area contributed by atoms with Gasteiger partial charge in [0.15, 0.2) is 5.75 Å². The maximum atomic E-state index is 11.3. The van der Waals surface area contributed by atoms with Crippen LogP contribution in [0.1, 0.15) is 50.6 Å². The van der Waals surface area contributed by atoms with Crippen LogP contribution >= 0.6 is 11.6 Å². The molecule has 1 aliphatic rings. The van der Waals surface area contributed by atoms with Crippen molar-refractivity contribution >= 4 is 28.5 Å². The Balaban J connectivity index is 1.81. The van der Waals surface area contributed by atoms with Crippen molar-refractivity contribution in [3.8, 4) is 5.75 Å². The molecule has 140 valence electrons. The summed E-state index contributed by atoms with van der Waals surface area (Å²) in [7, 11) is 0. The number of carbonyl (C=O) groups is 2. The molecule has 0 fully saturated rings. The molecular weight excluding hydrogens is 374 g/mol. The van der Waals surface area contributed by atoms with Gasteiger partial charge in [0.2, 0.25) is 0 Å². The Kier molecular flexibility index (Phi) is 5.41. The topological polar surface area (TPSA) is 107 Å². The van der Waals surface area contributed by atoms with Gasteiger partial charge in [-0.1, -0.05) is 6.07 Å². The van der Waals surface area contributed by atoms with Gasteiger partial charge in [0, 0.05) is 17.5 Å². The lowest BCUT2D eigenvalue weighted by molar-refractivity contribution is -0.385. The van der Waals surface area contributed by atoms with Crippen LogP contribution < -0.4 is 4.74 Å². The maximum Gasteiger partial charge on any atom is 0.335 e. The molecule has 0 heterocycles. The number of carboxylic acid groups (broad SMARTS) is 1. The lowest BCUT2D eigenvalue weighted by atomic mass is 9.82. The zero-order valence-electron chi connectivity index (χ0n) is 14.2. The van der Waals surface area contributed by atoms with Crippen LogP contribution in [0.5, 0.6) is 5.75 Å².